The van der Waals surface area contributed by atoms with E-state index in [1.165, 1.54) is 17.7 Å². The van der Waals surface area contributed by atoms with E-state index in [1.54, 1.807) is 0 Å². The summed E-state index contributed by atoms with van der Waals surface area (Å²) in [5, 5.41) is 5.62. The summed E-state index contributed by atoms with van der Waals surface area (Å²) in [6.07, 6.45) is 3.93. The molecule has 16 heavy (non-hydrogen) atoms. The van der Waals surface area contributed by atoms with E-state index in [2.05, 4.69) is 36.7 Å². The summed E-state index contributed by atoms with van der Waals surface area (Å²) in [5.74, 6) is 0. The molecule has 0 spiro atoms. The number of nitrogens with one attached hydrogen (secondary N) is 1. The van der Waals surface area contributed by atoms with Crippen LogP contribution in [0.2, 0.25) is 0 Å². The zero-order chi connectivity index (χ0) is 11.4. The third kappa shape index (κ3) is 3.58. The fourth-order valence-corrected chi connectivity index (χ4v) is 2.86. The van der Waals surface area contributed by atoms with E-state index >= 15 is 0 Å². The van der Waals surface area contributed by atoms with Crippen molar-refractivity contribution in [2.24, 2.45) is 0 Å². The Kier molecular flexibility index (Phi) is 4.00. The Morgan fingerprint density at radius 1 is 1.56 bits per heavy atom. The van der Waals surface area contributed by atoms with Gasteiger partial charge < -0.3 is 10.1 Å². The maximum Gasteiger partial charge on any atom is 0.0707 e. The van der Waals surface area contributed by atoms with Gasteiger partial charge in [0, 0.05) is 18.0 Å². The van der Waals surface area contributed by atoms with E-state index in [-0.39, 0.29) is 5.60 Å². The average Bonchev–Trinajstić information content (AvgIpc) is 2.82. The second kappa shape index (κ2) is 5.30. The monoisotopic (exact) mass is 239 g/mol. The van der Waals surface area contributed by atoms with Crippen LogP contribution < -0.4 is 5.32 Å². The molecular weight excluding hydrogens is 218 g/mol. The fourth-order valence-electron chi connectivity index (χ4n) is 2.15. The minimum absolute atomic E-state index is 0.0973. The first kappa shape index (κ1) is 12.1. The second-order valence-corrected chi connectivity index (χ2v) is 6.10. The molecule has 1 N–H and O–H groups in total. The van der Waals surface area contributed by atoms with Crippen LogP contribution in [0.5, 0.6) is 0 Å². The number of rotatable bonds is 5. The van der Waals surface area contributed by atoms with Crippen molar-refractivity contribution in [2.45, 2.75) is 44.8 Å². The highest BCUT2D eigenvalue weighted by atomic mass is 32.1. The van der Waals surface area contributed by atoms with E-state index in [4.69, 9.17) is 4.74 Å². The largest absolute Gasteiger partial charge is 0.371 e. The van der Waals surface area contributed by atoms with Crippen molar-refractivity contribution in [2.75, 3.05) is 13.1 Å². The van der Waals surface area contributed by atoms with Crippen LogP contribution in [0.1, 0.15) is 31.6 Å². The van der Waals surface area contributed by atoms with Crippen molar-refractivity contribution in [3.05, 3.63) is 22.4 Å². The van der Waals surface area contributed by atoms with E-state index in [1.807, 2.05) is 11.3 Å². The van der Waals surface area contributed by atoms with Gasteiger partial charge in [0.1, 0.15) is 0 Å². The zero-order valence-corrected chi connectivity index (χ0v) is 11.0. The smallest absolute Gasteiger partial charge is 0.0707 e. The van der Waals surface area contributed by atoms with Crippen LogP contribution in [0.3, 0.4) is 0 Å². The minimum atomic E-state index is 0.0973. The van der Waals surface area contributed by atoms with Gasteiger partial charge >= 0.3 is 0 Å². The molecule has 3 heteroatoms. The van der Waals surface area contributed by atoms with E-state index in [9.17, 15) is 0 Å². The standard InChI is InChI=1S/C13H21NOS/c1-13(2)7-5-11(15-13)10-14-8-6-12-4-3-9-16-12/h3-4,9,11,14H,5-8,10H2,1-2H3. The highest BCUT2D eigenvalue weighted by molar-refractivity contribution is 7.09. The molecule has 1 aromatic heterocycles. The predicted octanol–water partition coefficient (Wildman–Crippen LogP) is 2.84. The maximum atomic E-state index is 5.93. The summed E-state index contributed by atoms with van der Waals surface area (Å²) in [5.41, 5.74) is 0.0973. The number of thiophene rings is 1. The van der Waals surface area contributed by atoms with Crippen LogP contribution in [-0.4, -0.2) is 24.8 Å². The van der Waals surface area contributed by atoms with Gasteiger partial charge in [-0.2, -0.15) is 0 Å². The Morgan fingerprint density at radius 3 is 3.06 bits per heavy atom. The Morgan fingerprint density at radius 2 is 2.44 bits per heavy atom. The lowest BCUT2D eigenvalue weighted by Gasteiger charge is -2.19. The fraction of sp³-hybridized carbons (Fsp3) is 0.692. The molecule has 0 amide bonds. The van der Waals surface area contributed by atoms with Crippen molar-refractivity contribution in [1.29, 1.82) is 0 Å². The molecule has 2 nitrogen and oxygen atoms in total. The van der Waals surface area contributed by atoms with Gasteiger partial charge in [-0.3, -0.25) is 0 Å². The third-order valence-electron chi connectivity index (χ3n) is 3.05. The lowest BCUT2D eigenvalue weighted by molar-refractivity contribution is -0.0140. The molecule has 0 radical (unpaired) electrons. The molecule has 0 aliphatic carbocycles. The van der Waals surface area contributed by atoms with E-state index in [0.717, 1.165) is 19.5 Å². The summed E-state index contributed by atoms with van der Waals surface area (Å²) in [6.45, 7) is 6.41. The number of hydrogen-bond donors (Lipinski definition) is 1. The SMILES string of the molecule is CC1(C)CCC(CNCCc2cccs2)O1. The van der Waals surface area contributed by atoms with E-state index in [0.29, 0.717) is 6.10 Å². The van der Waals surface area contributed by atoms with Gasteiger partial charge in [-0.25, -0.2) is 0 Å². The van der Waals surface area contributed by atoms with Gasteiger partial charge in [-0.15, -0.1) is 11.3 Å². The van der Waals surface area contributed by atoms with Crippen LogP contribution in [0.4, 0.5) is 0 Å². The Balaban J connectivity index is 1.59. The molecule has 0 bridgehead atoms. The van der Waals surface area contributed by atoms with Crippen molar-refractivity contribution in [1.82, 2.24) is 5.32 Å². The topological polar surface area (TPSA) is 21.3 Å². The molecule has 0 saturated carbocycles. The van der Waals surface area contributed by atoms with Gasteiger partial charge in [-0.05, 0) is 44.6 Å². The van der Waals surface area contributed by atoms with Gasteiger partial charge in [0.05, 0.1) is 11.7 Å². The molecule has 1 fully saturated rings. The van der Waals surface area contributed by atoms with E-state index < -0.39 is 0 Å². The molecule has 1 aliphatic heterocycles. The van der Waals surface area contributed by atoms with Crippen molar-refractivity contribution in [3.8, 4) is 0 Å². The first-order chi connectivity index (χ1) is 7.66. The Labute approximate surface area is 102 Å². The summed E-state index contributed by atoms with van der Waals surface area (Å²) < 4.78 is 5.93. The highest BCUT2D eigenvalue weighted by Crippen LogP contribution is 2.28. The summed E-state index contributed by atoms with van der Waals surface area (Å²) in [4.78, 5) is 1.46. The highest BCUT2D eigenvalue weighted by Gasteiger charge is 2.30. The van der Waals surface area contributed by atoms with Crippen molar-refractivity contribution in [3.63, 3.8) is 0 Å². The first-order valence-corrected chi connectivity index (χ1v) is 6.95. The molecule has 1 saturated heterocycles. The summed E-state index contributed by atoms with van der Waals surface area (Å²) in [7, 11) is 0. The first-order valence-electron chi connectivity index (χ1n) is 6.07. The van der Waals surface area contributed by atoms with Crippen LogP contribution in [-0.2, 0) is 11.2 Å². The third-order valence-corrected chi connectivity index (χ3v) is 3.99. The van der Waals surface area contributed by atoms with Crippen LogP contribution in [0.25, 0.3) is 0 Å². The van der Waals surface area contributed by atoms with Gasteiger partial charge in [-0.1, -0.05) is 6.07 Å². The predicted molar refractivity (Wildman–Crippen MR) is 69.1 cm³/mol. The molecule has 1 atom stereocenters. The normalized spacial score (nSPS) is 23.8. The molecule has 1 aliphatic rings. The molecule has 1 aromatic rings. The quantitative estimate of drug-likeness (QED) is 0.798. The number of ether oxygens (including phenoxy) is 1. The summed E-state index contributed by atoms with van der Waals surface area (Å²) in [6, 6.07) is 4.31. The molecule has 1 unspecified atom stereocenters. The summed E-state index contributed by atoms with van der Waals surface area (Å²) >= 11 is 1.83. The molecule has 90 valence electrons. The Hall–Kier alpha value is -0.380. The van der Waals surface area contributed by atoms with Crippen LogP contribution in [0.15, 0.2) is 17.5 Å². The minimum Gasteiger partial charge on any atom is -0.371 e. The molecular formula is C13H21NOS. The Bertz CT molecular complexity index is 308. The van der Waals surface area contributed by atoms with Crippen molar-refractivity contribution < 1.29 is 4.74 Å². The second-order valence-electron chi connectivity index (χ2n) is 5.07. The van der Waals surface area contributed by atoms with Gasteiger partial charge in [0.15, 0.2) is 0 Å². The van der Waals surface area contributed by atoms with Crippen molar-refractivity contribution >= 4 is 11.3 Å². The zero-order valence-electron chi connectivity index (χ0n) is 10.2. The van der Waals surface area contributed by atoms with Crippen LogP contribution in [0, 0.1) is 0 Å². The molecule has 2 rings (SSSR count). The number of hydrogen-bond acceptors (Lipinski definition) is 3. The molecule has 0 aromatic carbocycles. The lowest BCUT2D eigenvalue weighted by atomic mass is 10.1. The van der Waals surface area contributed by atoms with Gasteiger partial charge in [0.2, 0.25) is 0 Å². The van der Waals surface area contributed by atoms with Gasteiger partial charge in [0.25, 0.3) is 0 Å². The average molecular weight is 239 g/mol. The lowest BCUT2D eigenvalue weighted by Crippen LogP contribution is -2.30. The molecule has 2 heterocycles. The maximum absolute atomic E-state index is 5.93. The van der Waals surface area contributed by atoms with Crippen LogP contribution >= 0.6 is 11.3 Å².